The van der Waals surface area contributed by atoms with Crippen LogP contribution in [-0.4, -0.2) is 46.1 Å². The Bertz CT molecular complexity index is 698. The third-order valence-electron chi connectivity index (χ3n) is 5.47. The van der Waals surface area contributed by atoms with E-state index in [1.807, 2.05) is 0 Å². The number of hydrogen-bond acceptors (Lipinski definition) is 6. The minimum absolute atomic E-state index is 0.0533. The van der Waals surface area contributed by atoms with E-state index in [0.717, 1.165) is 36.2 Å². The summed E-state index contributed by atoms with van der Waals surface area (Å²) >= 11 is 0. The third-order valence-corrected chi connectivity index (χ3v) is 8.62. The number of hydrogen-bond donors (Lipinski definition) is 2. The largest absolute Gasteiger partial charge is 0.393 e. The second-order valence-electron chi connectivity index (χ2n) is 7.24. The van der Waals surface area contributed by atoms with Crippen molar-refractivity contribution in [2.24, 2.45) is 23.7 Å². The van der Waals surface area contributed by atoms with Crippen molar-refractivity contribution in [2.75, 3.05) is 6.61 Å². The lowest BCUT2D eigenvalue weighted by atomic mass is 9.55. The highest BCUT2D eigenvalue weighted by Crippen LogP contribution is 2.54. The Morgan fingerprint density at radius 1 is 1.04 bits per heavy atom. The minimum Gasteiger partial charge on any atom is -0.393 e. The van der Waals surface area contributed by atoms with Crippen molar-refractivity contribution in [3.63, 3.8) is 0 Å². The molecule has 4 rings (SSSR count). The van der Waals surface area contributed by atoms with Crippen LogP contribution in [0, 0.1) is 23.7 Å². The maximum atomic E-state index is 13.5. The molecule has 0 aromatic heterocycles. The summed E-state index contributed by atoms with van der Waals surface area (Å²) in [4.78, 5) is 0. The molecule has 146 valence electrons. The van der Waals surface area contributed by atoms with Gasteiger partial charge >= 0.3 is 15.6 Å². The minimum atomic E-state index is -5.94. The molecule has 25 heavy (non-hydrogen) atoms. The van der Waals surface area contributed by atoms with Crippen molar-refractivity contribution in [1.82, 2.24) is 4.13 Å². The molecule has 4 saturated carbocycles. The van der Waals surface area contributed by atoms with E-state index in [9.17, 15) is 30.0 Å². The zero-order chi connectivity index (χ0) is 18.6. The van der Waals surface area contributed by atoms with Crippen LogP contribution in [0.4, 0.5) is 13.2 Å². The first kappa shape index (κ1) is 19.3. The zero-order valence-corrected chi connectivity index (χ0v) is 14.8. The highest BCUT2D eigenvalue weighted by atomic mass is 32.3. The molecule has 0 spiro atoms. The Morgan fingerprint density at radius 2 is 1.52 bits per heavy atom. The van der Waals surface area contributed by atoms with Crippen LogP contribution >= 0.6 is 0 Å². The van der Waals surface area contributed by atoms with E-state index < -0.39 is 44.5 Å². The summed E-state index contributed by atoms with van der Waals surface area (Å²) in [6.07, 6.45) is -0.0279. The summed E-state index contributed by atoms with van der Waals surface area (Å²) in [6, 6.07) is 0. The van der Waals surface area contributed by atoms with Crippen LogP contribution < -0.4 is 4.13 Å². The molecule has 4 fully saturated rings. The average molecular weight is 407 g/mol. The monoisotopic (exact) mass is 407 g/mol. The molecule has 4 bridgehead atoms. The van der Waals surface area contributed by atoms with Gasteiger partial charge in [-0.1, -0.05) is 4.13 Å². The zero-order valence-electron chi connectivity index (χ0n) is 13.1. The van der Waals surface area contributed by atoms with Crippen molar-refractivity contribution >= 4 is 20.3 Å². The standard InChI is InChI=1S/C13H20F3NO6S2/c14-11(6-18)13(15,16)24(19,20)17-25(21,22)23-12-9-2-7-1-8(4-9)5-10(12)3-7/h7-12,17-18H,1-6H2. The van der Waals surface area contributed by atoms with Gasteiger partial charge in [-0.2, -0.15) is 17.2 Å². The van der Waals surface area contributed by atoms with E-state index in [1.165, 1.54) is 0 Å². The van der Waals surface area contributed by atoms with E-state index in [2.05, 4.69) is 0 Å². The van der Waals surface area contributed by atoms with Gasteiger partial charge in [-0.3, -0.25) is 4.18 Å². The molecule has 0 saturated heterocycles. The summed E-state index contributed by atoms with van der Waals surface area (Å²) in [5.74, 6) is 0.899. The fourth-order valence-electron chi connectivity index (χ4n) is 4.66. The topological polar surface area (TPSA) is 110 Å². The number of aliphatic hydroxyl groups is 1. The predicted octanol–water partition coefficient (Wildman–Crippen LogP) is 0.915. The molecular formula is C13H20F3NO6S2. The van der Waals surface area contributed by atoms with E-state index in [0.29, 0.717) is 11.8 Å². The lowest BCUT2D eigenvalue weighted by Crippen LogP contribution is -2.53. The molecule has 0 heterocycles. The van der Waals surface area contributed by atoms with Gasteiger partial charge in [-0.15, -0.1) is 0 Å². The second-order valence-corrected chi connectivity index (χ2v) is 10.6. The summed E-state index contributed by atoms with van der Waals surface area (Å²) in [5, 5.41) is 3.29. The van der Waals surface area contributed by atoms with Crippen LogP contribution in [0.3, 0.4) is 0 Å². The summed E-state index contributed by atoms with van der Waals surface area (Å²) in [5.41, 5.74) is 0. The van der Waals surface area contributed by atoms with E-state index >= 15 is 0 Å². The first-order valence-corrected chi connectivity index (χ1v) is 10.9. The average Bonchev–Trinajstić information content (AvgIpc) is 2.48. The van der Waals surface area contributed by atoms with Gasteiger partial charge in [0.1, 0.15) is 0 Å². The number of aliphatic hydroxyl groups excluding tert-OH is 1. The van der Waals surface area contributed by atoms with Gasteiger partial charge in [0, 0.05) is 0 Å². The van der Waals surface area contributed by atoms with Crippen LogP contribution in [0.1, 0.15) is 32.1 Å². The summed E-state index contributed by atoms with van der Waals surface area (Å²) < 4.78 is 92.7. The molecule has 0 aromatic rings. The van der Waals surface area contributed by atoms with Gasteiger partial charge in [0.05, 0.1) is 12.7 Å². The molecule has 7 nitrogen and oxygen atoms in total. The van der Waals surface area contributed by atoms with E-state index in [1.54, 1.807) is 0 Å². The number of halogens is 3. The van der Waals surface area contributed by atoms with Crippen molar-refractivity contribution in [3.8, 4) is 0 Å². The molecule has 0 aliphatic heterocycles. The first-order valence-electron chi connectivity index (χ1n) is 8.04. The Hall–Kier alpha value is -0.430. The maximum absolute atomic E-state index is 13.5. The second kappa shape index (κ2) is 6.32. The smallest absolute Gasteiger partial charge is 0.392 e. The van der Waals surface area contributed by atoms with Crippen LogP contribution in [-0.2, 0) is 24.5 Å². The Morgan fingerprint density at radius 3 is 1.96 bits per heavy atom. The van der Waals surface area contributed by atoms with Crippen LogP contribution in [0.15, 0.2) is 0 Å². The number of rotatable bonds is 7. The molecule has 1 atom stereocenters. The number of sulfonamides is 1. The Kier molecular flexibility index (Phi) is 4.89. The quantitative estimate of drug-likeness (QED) is 0.649. The normalized spacial score (nSPS) is 36.6. The molecule has 0 radical (unpaired) electrons. The molecule has 4 aliphatic rings. The van der Waals surface area contributed by atoms with Gasteiger partial charge in [-0.05, 0) is 55.8 Å². The van der Waals surface area contributed by atoms with Crippen molar-refractivity contribution in [3.05, 3.63) is 0 Å². The van der Waals surface area contributed by atoms with E-state index in [4.69, 9.17) is 9.29 Å². The van der Waals surface area contributed by atoms with Crippen LogP contribution in [0.25, 0.3) is 0 Å². The third kappa shape index (κ3) is 3.55. The van der Waals surface area contributed by atoms with Gasteiger partial charge < -0.3 is 5.11 Å². The number of nitrogens with one attached hydrogen (secondary N) is 1. The highest BCUT2D eigenvalue weighted by Gasteiger charge is 2.56. The summed E-state index contributed by atoms with van der Waals surface area (Å²) in [7, 11) is -11.0. The number of alkyl halides is 3. The SMILES string of the molecule is O=S(=O)(NS(=O)(=O)C(F)(F)C(F)CO)OC1C2CC3CC(C2)CC1C3. The van der Waals surface area contributed by atoms with Gasteiger partial charge in [-0.25, -0.2) is 12.8 Å². The van der Waals surface area contributed by atoms with Crippen molar-refractivity contribution in [1.29, 1.82) is 0 Å². The van der Waals surface area contributed by atoms with Crippen molar-refractivity contribution < 1.29 is 39.3 Å². The van der Waals surface area contributed by atoms with Crippen LogP contribution in [0.5, 0.6) is 0 Å². The predicted molar refractivity (Wildman–Crippen MR) is 79.8 cm³/mol. The molecule has 12 heteroatoms. The first-order chi connectivity index (χ1) is 11.4. The Balaban J connectivity index is 1.72. The lowest BCUT2D eigenvalue weighted by Gasteiger charge is -2.53. The lowest BCUT2D eigenvalue weighted by molar-refractivity contribution is -0.0767. The Labute approximate surface area is 144 Å². The fraction of sp³-hybridized carbons (Fsp3) is 1.00. The van der Waals surface area contributed by atoms with E-state index in [-0.39, 0.29) is 11.8 Å². The van der Waals surface area contributed by atoms with Gasteiger partial charge in [0.25, 0.3) is 10.0 Å². The summed E-state index contributed by atoms with van der Waals surface area (Å²) in [6.45, 7) is -1.77. The molecule has 0 amide bonds. The molecule has 0 aromatic carbocycles. The maximum Gasteiger partial charge on any atom is 0.392 e. The highest BCUT2D eigenvalue weighted by molar-refractivity contribution is 8.03. The molecule has 4 aliphatic carbocycles. The van der Waals surface area contributed by atoms with Crippen molar-refractivity contribution in [2.45, 2.75) is 49.6 Å². The molecular weight excluding hydrogens is 387 g/mol. The van der Waals surface area contributed by atoms with Gasteiger partial charge in [0.2, 0.25) is 6.17 Å². The molecule has 1 unspecified atom stereocenters. The fourth-order valence-corrected chi connectivity index (χ4v) is 7.36. The van der Waals surface area contributed by atoms with Crippen LogP contribution in [0.2, 0.25) is 0 Å². The molecule has 2 N–H and O–H groups in total. The van der Waals surface area contributed by atoms with Gasteiger partial charge in [0.15, 0.2) is 0 Å².